The Kier molecular flexibility index (Phi) is 7.32. The van der Waals surface area contributed by atoms with Crippen LogP contribution in [0.3, 0.4) is 0 Å². The first-order valence-corrected chi connectivity index (χ1v) is 12.8. The Morgan fingerprint density at radius 1 is 0.973 bits per heavy atom. The lowest BCUT2D eigenvalue weighted by atomic mass is 10.1. The van der Waals surface area contributed by atoms with E-state index in [4.69, 9.17) is 9.72 Å². The number of aryl methyl sites for hydroxylation is 3. The van der Waals surface area contributed by atoms with Crippen LogP contribution in [0.2, 0.25) is 0 Å². The van der Waals surface area contributed by atoms with Crippen LogP contribution in [-0.4, -0.2) is 48.3 Å². The van der Waals surface area contributed by atoms with Gasteiger partial charge in [0, 0.05) is 25.2 Å². The van der Waals surface area contributed by atoms with E-state index < -0.39 is 0 Å². The number of carbonyl (C=O) groups excluding carboxylic acids is 1. The molecular formula is C30H32N4O3. The second-order valence-electron chi connectivity index (χ2n) is 9.50. The molecule has 1 N–H and O–H groups in total. The zero-order valence-corrected chi connectivity index (χ0v) is 21.4. The molecule has 7 heteroatoms. The van der Waals surface area contributed by atoms with Gasteiger partial charge < -0.3 is 15.0 Å². The summed E-state index contributed by atoms with van der Waals surface area (Å²) in [5, 5.41) is 3.48. The highest BCUT2D eigenvalue weighted by Gasteiger charge is 2.21. The largest absolute Gasteiger partial charge is 0.378 e. The summed E-state index contributed by atoms with van der Waals surface area (Å²) in [5.41, 5.74) is 5.17. The molecule has 37 heavy (non-hydrogen) atoms. The molecule has 1 fully saturated rings. The molecule has 190 valence electrons. The smallest absolute Gasteiger partial charge is 0.267 e. The maximum absolute atomic E-state index is 13.8. The molecule has 0 unspecified atom stereocenters. The molecule has 1 saturated heterocycles. The van der Waals surface area contributed by atoms with Crippen molar-refractivity contribution < 1.29 is 9.53 Å². The number of carbonyl (C=O) groups is 1. The van der Waals surface area contributed by atoms with Crippen LogP contribution in [0.5, 0.6) is 0 Å². The third-order valence-corrected chi connectivity index (χ3v) is 6.93. The highest BCUT2D eigenvalue weighted by atomic mass is 16.5. The van der Waals surface area contributed by atoms with Crippen molar-refractivity contribution in [3.63, 3.8) is 0 Å². The number of nitrogens with zero attached hydrogens (tertiary/aromatic N) is 3. The molecule has 1 aliphatic heterocycles. The van der Waals surface area contributed by atoms with Gasteiger partial charge >= 0.3 is 0 Å². The van der Waals surface area contributed by atoms with Gasteiger partial charge in [0.25, 0.3) is 11.5 Å². The Balaban J connectivity index is 1.45. The topological polar surface area (TPSA) is 76.5 Å². The zero-order valence-electron chi connectivity index (χ0n) is 21.4. The van der Waals surface area contributed by atoms with Crippen molar-refractivity contribution in [3.8, 4) is 5.69 Å². The number of amides is 1. The van der Waals surface area contributed by atoms with Crippen molar-refractivity contribution in [3.05, 3.63) is 99.3 Å². The number of benzene rings is 3. The van der Waals surface area contributed by atoms with Crippen LogP contribution in [0, 0.1) is 13.8 Å². The predicted molar refractivity (Wildman–Crippen MR) is 147 cm³/mol. The summed E-state index contributed by atoms with van der Waals surface area (Å²) in [4.78, 5) is 33.7. The van der Waals surface area contributed by atoms with E-state index in [2.05, 4.69) is 29.3 Å². The van der Waals surface area contributed by atoms with Crippen molar-refractivity contribution in [2.24, 2.45) is 0 Å². The Labute approximate surface area is 216 Å². The van der Waals surface area contributed by atoms with Gasteiger partial charge in [-0.3, -0.25) is 9.59 Å². The van der Waals surface area contributed by atoms with E-state index in [1.165, 1.54) is 5.56 Å². The van der Waals surface area contributed by atoms with Gasteiger partial charge in [-0.25, -0.2) is 9.55 Å². The molecule has 0 spiro atoms. The van der Waals surface area contributed by atoms with Crippen LogP contribution in [-0.2, 0) is 11.2 Å². The third kappa shape index (κ3) is 5.42. The standard InChI is InChI=1S/C30H32N4O3/c1-21-10-12-25(19-22(21)2)34-29(36)26-13-11-24(20-27(26)32-30(34)33-15-17-37-18-16-33)28(35)31-14-6-9-23-7-4-3-5-8-23/h3-5,7-8,10-13,19-20H,6,9,14-18H2,1-2H3,(H,31,35). The van der Waals surface area contributed by atoms with E-state index in [1.807, 2.05) is 43.3 Å². The molecule has 0 radical (unpaired) electrons. The summed E-state index contributed by atoms with van der Waals surface area (Å²) >= 11 is 0. The molecule has 1 amide bonds. The fourth-order valence-electron chi connectivity index (χ4n) is 4.63. The molecule has 1 aliphatic rings. The van der Waals surface area contributed by atoms with E-state index in [9.17, 15) is 9.59 Å². The first-order valence-electron chi connectivity index (χ1n) is 12.8. The maximum Gasteiger partial charge on any atom is 0.267 e. The Bertz CT molecular complexity index is 1470. The molecule has 3 aromatic carbocycles. The van der Waals surface area contributed by atoms with Crippen LogP contribution in [0.4, 0.5) is 5.95 Å². The van der Waals surface area contributed by atoms with E-state index in [-0.39, 0.29) is 11.5 Å². The number of ether oxygens (including phenoxy) is 1. The highest BCUT2D eigenvalue weighted by Crippen LogP contribution is 2.23. The van der Waals surface area contributed by atoms with Crippen LogP contribution in [0.1, 0.15) is 33.5 Å². The minimum Gasteiger partial charge on any atom is -0.378 e. The summed E-state index contributed by atoms with van der Waals surface area (Å²) in [5.74, 6) is 0.410. The lowest BCUT2D eigenvalue weighted by Crippen LogP contribution is -2.40. The summed E-state index contributed by atoms with van der Waals surface area (Å²) in [6, 6.07) is 21.4. The molecule has 1 aromatic heterocycles. The van der Waals surface area contributed by atoms with Crippen LogP contribution < -0.4 is 15.8 Å². The van der Waals surface area contributed by atoms with Gasteiger partial charge in [0.05, 0.1) is 29.8 Å². The second-order valence-corrected chi connectivity index (χ2v) is 9.50. The van der Waals surface area contributed by atoms with Gasteiger partial charge in [-0.2, -0.15) is 0 Å². The SMILES string of the molecule is Cc1ccc(-n2c(N3CCOCC3)nc3cc(C(=O)NCCCc4ccccc4)ccc3c2=O)cc1C. The van der Waals surface area contributed by atoms with Crippen LogP contribution in [0.15, 0.2) is 71.5 Å². The average molecular weight is 497 g/mol. The monoisotopic (exact) mass is 496 g/mol. The molecule has 5 rings (SSSR count). The number of hydrogen-bond acceptors (Lipinski definition) is 5. The lowest BCUT2D eigenvalue weighted by Gasteiger charge is -2.30. The Morgan fingerprint density at radius 3 is 2.51 bits per heavy atom. The zero-order chi connectivity index (χ0) is 25.8. The maximum atomic E-state index is 13.8. The van der Waals surface area contributed by atoms with Crippen molar-refractivity contribution in [1.82, 2.24) is 14.9 Å². The van der Waals surface area contributed by atoms with Gasteiger partial charge in [0.15, 0.2) is 0 Å². The number of nitrogens with one attached hydrogen (secondary N) is 1. The number of fused-ring (bicyclic) bond motifs is 1. The van der Waals surface area contributed by atoms with Gasteiger partial charge in [-0.05, 0) is 73.7 Å². The van der Waals surface area contributed by atoms with E-state index >= 15 is 0 Å². The minimum atomic E-state index is -0.164. The van der Waals surface area contributed by atoms with Crippen LogP contribution in [0.25, 0.3) is 16.6 Å². The van der Waals surface area contributed by atoms with Crippen LogP contribution >= 0.6 is 0 Å². The fourth-order valence-corrected chi connectivity index (χ4v) is 4.63. The summed E-state index contributed by atoms with van der Waals surface area (Å²) in [6.07, 6.45) is 1.75. The van der Waals surface area contributed by atoms with E-state index in [1.54, 1.807) is 22.8 Å². The first-order chi connectivity index (χ1) is 18.0. The Morgan fingerprint density at radius 2 is 1.76 bits per heavy atom. The van der Waals surface area contributed by atoms with Gasteiger partial charge in [0.2, 0.25) is 5.95 Å². The molecule has 2 heterocycles. The fraction of sp³-hybridized carbons (Fsp3) is 0.300. The van der Waals surface area contributed by atoms with Crippen molar-refractivity contribution >= 4 is 22.8 Å². The highest BCUT2D eigenvalue weighted by molar-refractivity contribution is 5.97. The molecule has 0 saturated carbocycles. The number of hydrogen-bond donors (Lipinski definition) is 1. The minimum absolute atomic E-state index is 0.149. The lowest BCUT2D eigenvalue weighted by molar-refractivity contribution is 0.0953. The van der Waals surface area contributed by atoms with Crippen molar-refractivity contribution in [2.75, 3.05) is 37.7 Å². The Hall–Kier alpha value is -3.97. The van der Waals surface area contributed by atoms with E-state index in [0.29, 0.717) is 55.3 Å². The summed E-state index contributed by atoms with van der Waals surface area (Å²) in [6.45, 7) is 7.11. The summed E-state index contributed by atoms with van der Waals surface area (Å²) < 4.78 is 7.22. The van der Waals surface area contributed by atoms with Crippen molar-refractivity contribution in [2.45, 2.75) is 26.7 Å². The normalized spacial score (nSPS) is 13.6. The number of rotatable bonds is 7. The number of morpholine rings is 1. The molecule has 4 aromatic rings. The molecule has 0 aliphatic carbocycles. The van der Waals surface area contributed by atoms with Gasteiger partial charge in [0.1, 0.15) is 0 Å². The quantitative estimate of drug-likeness (QED) is 0.388. The second kappa shape index (κ2) is 11.0. The number of anilines is 1. The summed E-state index contributed by atoms with van der Waals surface area (Å²) in [7, 11) is 0. The molecule has 7 nitrogen and oxygen atoms in total. The number of aromatic nitrogens is 2. The first kappa shape index (κ1) is 24.7. The van der Waals surface area contributed by atoms with Gasteiger partial charge in [-0.1, -0.05) is 36.4 Å². The molecular weight excluding hydrogens is 464 g/mol. The van der Waals surface area contributed by atoms with Crippen molar-refractivity contribution in [1.29, 1.82) is 0 Å². The molecule has 0 atom stereocenters. The molecule has 0 bridgehead atoms. The van der Waals surface area contributed by atoms with E-state index in [0.717, 1.165) is 29.7 Å². The third-order valence-electron chi connectivity index (χ3n) is 6.93. The van der Waals surface area contributed by atoms with Gasteiger partial charge in [-0.15, -0.1) is 0 Å². The predicted octanol–water partition coefficient (Wildman–Crippen LogP) is 4.20. The average Bonchev–Trinajstić information content (AvgIpc) is 2.93.